The molecule has 0 saturated heterocycles. The number of anilines is 1. The minimum atomic E-state index is -0.0661. The second-order valence-corrected chi connectivity index (χ2v) is 4.87. The van der Waals surface area contributed by atoms with Gasteiger partial charge in [-0.15, -0.1) is 12.3 Å². The van der Waals surface area contributed by atoms with Crippen molar-refractivity contribution >= 4 is 27.5 Å². The molecule has 1 aromatic rings. The molecule has 0 aromatic heterocycles. The summed E-state index contributed by atoms with van der Waals surface area (Å²) < 4.78 is 0.937. The third-order valence-electron chi connectivity index (χ3n) is 2.52. The standard InChI is InChI=1S/C14H17BrN2O/c1-3-6-12(4-2)16-10-14(18)17-13-8-5-7-11(15)9-13/h1,5,7-9,12,16H,4,6,10H2,2H3,(H,17,18). The molecule has 0 bridgehead atoms. The van der Waals surface area contributed by atoms with Gasteiger partial charge in [0.1, 0.15) is 0 Å². The monoisotopic (exact) mass is 308 g/mol. The molecule has 0 aliphatic carbocycles. The summed E-state index contributed by atoms with van der Waals surface area (Å²) in [7, 11) is 0. The molecule has 2 N–H and O–H groups in total. The van der Waals surface area contributed by atoms with E-state index in [0.29, 0.717) is 6.42 Å². The van der Waals surface area contributed by atoms with Gasteiger partial charge in [-0.1, -0.05) is 28.9 Å². The lowest BCUT2D eigenvalue weighted by molar-refractivity contribution is -0.115. The van der Waals surface area contributed by atoms with E-state index >= 15 is 0 Å². The molecule has 0 fully saturated rings. The molecule has 0 radical (unpaired) electrons. The molecule has 1 rings (SSSR count). The van der Waals surface area contributed by atoms with Crippen LogP contribution in [0.25, 0.3) is 0 Å². The third-order valence-corrected chi connectivity index (χ3v) is 3.01. The number of nitrogens with one attached hydrogen (secondary N) is 2. The molecule has 1 amide bonds. The highest BCUT2D eigenvalue weighted by Crippen LogP contribution is 2.15. The van der Waals surface area contributed by atoms with Gasteiger partial charge in [-0.2, -0.15) is 0 Å². The maximum absolute atomic E-state index is 11.7. The summed E-state index contributed by atoms with van der Waals surface area (Å²) in [5, 5.41) is 5.96. The smallest absolute Gasteiger partial charge is 0.238 e. The molecule has 18 heavy (non-hydrogen) atoms. The topological polar surface area (TPSA) is 41.1 Å². The van der Waals surface area contributed by atoms with Gasteiger partial charge in [0.05, 0.1) is 6.54 Å². The number of halogens is 1. The molecule has 1 aromatic carbocycles. The summed E-state index contributed by atoms with van der Waals surface area (Å²) in [4.78, 5) is 11.7. The molecule has 4 heteroatoms. The van der Waals surface area contributed by atoms with Crippen LogP contribution >= 0.6 is 15.9 Å². The van der Waals surface area contributed by atoms with Crippen LogP contribution in [0.2, 0.25) is 0 Å². The van der Waals surface area contributed by atoms with Crippen LogP contribution in [-0.2, 0) is 4.79 Å². The number of hydrogen-bond donors (Lipinski definition) is 2. The van der Waals surface area contributed by atoms with Gasteiger partial charge in [-0.25, -0.2) is 0 Å². The fourth-order valence-corrected chi connectivity index (χ4v) is 1.91. The van der Waals surface area contributed by atoms with Crippen LogP contribution in [0.15, 0.2) is 28.7 Å². The highest BCUT2D eigenvalue weighted by Gasteiger charge is 2.07. The number of amides is 1. The van der Waals surface area contributed by atoms with Crippen molar-refractivity contribution in [3.05, 3.63) is 28.7 Å². The van der Waals surface area contributed by atoms with E-state index in [0.717, 1.165) is 16.6 Å². The fraction of sp³-hybridized carbons (Fsp3) is 0.357. The summed E-state index contributed by atoms with van der Waals surface area (Å²) >= 11 is 3.36. The average molecular weight is 309 g/mol. The number of hydrogen-bond acceptors (Lipinski definition) is 2. The Labute approximate surface area is 116 Å². The predicted molar refractivity (Wildman–Crippen MR) is 78.3 cm³/mol. The Morgan fingerprint density at radius 3 is 2.94 bits per heavy atom. The van der Waals surface area contributed by atoms with Crippen molar-refractivity contribution in [2.75, 3.05) is 11.9 Å². The Morgan fingerprint density at radius 1 is 1.56 bits per heavy atom. The van der Waals surface area contributed by atoms with Gasteiger partial charge in [0, 0.05) is 22.6 Å². The van der Waals surface area contributed by atoms with Crippen molar-refractivity contribution in [3.8, 4) is 12.3 Å². The molecule has 0 aliphatic rings. The van der Waals surface area contributed by atoms with Crippen LogP contribution in [0.4, 0.5) is 5.69 Å². The highest BCUT2D eigenvalue weighted by molar-refractivity contribution is 9.10. The lowest BCUT2D eigenvalue weighted by atomic mass is 10.1. The zero-order valence-corrected chi connectivity index (χ0v) is 12.0. The van der Waals surface area contributed by atoms with E-state index in [1.54, 1.807) is 0 Å². The SMILES string of the molecule is C#CCC(CC)NCC(=O)Nc1cccc(Br)c1. The quantitative estimate of drug-likeness (QED) is 0.793. The second-order valence-electron chi connectivity index (χ2n) is 3.95. The van der Waals surface area contributed by atoms with Gasteiger partial charge >= 0.3 is 0 Å². The lowest BCUT2D eigenvalue weighted by Gasteiger charge is -2.13. The number of carbonyl (C=O) groups is 1. The molecule has 3 nitrogen and oxygen atoms in total. The van der Waals surface area contributed by atoms with Crippen LogP contribution < -0.4 is 10.6 Å². The number of carbonyl (C=O) groups excluding carboxylic acids is 1. The van der Waals surface area contributed by atoms with E-state index in [1.165, 1.54) is 0 Å². The second kappa shape index (κ2) is 7.91. The van der Waals surface area contributed by atoms with Crippen LogP contribution in [0, 0.1) is 12.3 Å². The zero-order chi connectivity index (χ0) is 13.4. The van der Waals surface area contributed by atoms with E-state index in [1.807, 2.05) is 31.2 Å². The van der Waals surface area contributed by atoms with E-state index in [2.05, 4.69) is 32.5 Å². The van der Waals surface area contributed by atoms with Crippen LogP contribution in [0.3, 0.4) is 0 Å². The molecule has 1 atom stereocenters. The third kappa shape index (κ3) is 5.35. The Kier molecular flexibility index (Phi) is 6.48. The Balaban J connectivity index is 2.40. The van der Waals surface area contributed by atoms with Crippen molar-refractivity contribution in [3.63, 3.8) is 0 Å². The molecule has 0 spiro atoms. The molecule has 1 unspecified atom stereocenters. The molecule has 96 valence electrons. The summed E-state index contributed by atoms with van der Waals surface area (Å²) in [6.07, 6.45) is 6.81. The first-order chi connectivity index (χ1) is 8.65. The first kappa shape index (κ1) is 14.7. The summed E-state index contributed by atoms with van der Waals surface area (Å²) in [6.45, 7) is 2.31. The normalized spacial score (nSPS) is 11.6. The maximum atomic E-state index is 11.7. The van der Waals surface area contributed by atoms with E-state index in [-0.39, 0.29) is 18.5 Å². The number of benzene rings is 1. The minimum Gasteiger partial charge on any atom is -0.325 e. The maximum Gasteiger partial charge on any atom is 0.238 e. The van der Waals surface area contributed by atoms with Gasteiger partial charge < -0.3 is 10.6 Å². The number of rotatable bonds is 6. The Bertz CT molecular complexity index is 440. The van der Waals surface area contributed by atoms with Crippen LogP contribution in [-0.4, -0.2) is 18.5 Å². The van der Waals surface area contributed by atoms with Gasteiger partial charge in [0.15, 0.2) is 0 Å². The van der Waals surface area contributed by atoms with E-state index in [9.17, 15) is 4.79 Å². The van der Waals surface area contributed by atoms with Gasteiger partial charge in [-0.05, 0) is 24.6 Å². The summed E-state index contributed by atoms with van der Waals surface area (Å²) in [5.74, 6) is 2.53. The Morgan fingerprint density at radius 2 is 2.33 bits per heavy atom. The molecular formula is C14H17BrN2O. The van der Waals surface area contributed by atoms with Crippen LogP contribution in [0.5, 0.6) is 0 Å². The summed E-state index contributed by atoms with van der Waals surface area (Å²) in [6, 6.07) is 7.69. The fourth-order valence-electron chi connectivity index (χ4n) is 1.51. The van der Waals surface area contributed by atoms with Gasteiger partial charge in [0.2, 0.25) is 5.91 Å². The molecule has 0 aliphatic heterocycles. The zero-order valence-electron chi connectivity index (χ0n) is 10.4. The minimum absolute atomic E-state index is 0.0661. The molecule has 0 heterocycles. The highest BCUT2D eigenvalue weighted by atomic mass is 79.9. The van der Waals surface area contributed by atoms with Gasteiger partial charge in [0.25, 0.3) is 0 Å². The number of terminal acetylenes is 1. The largest absolute Gasteiger partial charge is 0.325 e. The van der Waals surface area contributed by atoms with Crippen molar-refractivity contribution < 1.29 is 4.79 Å². The van der Waals surface area contributed by atoms with Crippen molar-refractivity contribution in [2.45, 2.75) is 25.8 Å². The average Bonchev–Trinajstić information content (AvgIpc) is 2.34. The predicted octanol–water partition coefficient (Wildman–Crippen LogP) is 2.78. The van der Waals surface area contributed by atoms with E-state index in [4.69, 9.17) is 6.42 Å². The van der Waals surface area contributed by atoms with Crippen molar-refractivity contribution in [1.29, 1.82) is 0 Å². The van der Waals surface area contributed by atoms with Crippen molar-refractivity contribution in [1.82, 2.24) is 5.32 Å². The van der Waals surface area contributed by atoms with E-state index < -0.39 is 0 Å². The molecular weight excluding hydrogens is 292 g/mol. The summed E-state index contributed by atoms with van der Waals surface area (Å²) in [5.41, 5.74) is 0.779. The van der Waals surface area contributed by atoms with Crippen molar-refractivity contribution in [2.24, 2.45) is 0 Å². The lowest BCUT2D eigenvalue weighted by Crippen LogP contribution is -2.35. The molecule has 0 saturated carbocycles. The first-order valence-corrected chi connectivity index (χ1v) is 6.67. The Hall–Kier alpha value is -1.31. The van der Waals surface area contributed by atoms with Crippen LogP contribution in [0.1, 0.15) is 19.8 Å². The van der Waals surface area contributed by atoms with Gasteiger partial charge in [-0.3, -0.25) is 4.79 Å². The first-order valence-electron chi connectivity index (χ1n) is 5.88.